The molecule has 0 saturated carbocycles. The van der Waals surface area contributed by atoms with Crippen molar-refractivity contribution in [3.05, 3.63) is 47.3 Å². The number of ketones is 1. The van der Waals surface area contributed by atoms with Gasteiger partial charge in [0, 0.05) is 12.6 Å². The first-order chi connectivity index (χ1) is 8.65. The van der Waals surface area contributed by atoms with E-state index in [0.717, 1.165) is 17.9 Å². The standard InChI is InChI=1S/C14H16N2O2/c1-4-11-9-13(16(2)15-11)14(17)10-5-7-12(18-3)8-6-10/h5-9H,4H2,1-3H3. The highest BCUT2D eigenvalue weighted by atomic mass is 16.5. The average molecular weight is 244 g/mol. The lowest BCUT2D eigenvalue weighted by atomic mass is 10.1. The maximum atomic E-state index is 12.3. The van der Waals surface area contributed by atoms with E-state index < -0.39 is 0 Å². The van der Waals surface area contributed by atoms with E-state index in [2.05, 4.69) is 5.10 Å². The molecule has 0 aliphatic carbocycles. The normalized spacial score (nSPS) is 10.4. The fourth-order valence-corrected chi connectivity index (χ4v) is 1.80. The molecule has 0 N–H and O–H groups in total. The lowest BCUT2D eigenvalue weighted by molar-refractivity contribution is 0.103. The molecule has 0 fully saturated rings. The van der Waals surface area contributed by atoms with Gasteiger partial charge in [-0.3, -0.25) is 9.48 Å². The van der Waals surface area contributed by atoms with Crippen molar-refractivity contribution in [1.29, 1.82) is 0 Å². The lowest BCUT2D eigenvalue weighted by Crippen LogP contribution is -2.08. The van der Waals surface area contributed by atoms with E-state index in [-0.39, 0.29) is 5.78 Å². The van der Waals surface area contributed by atoms with Crippen LogP contribution < -0.4 is 4.74 Å². The number of hydrogen-bond donors (Lipinski definition) is 0. The maximum Gasteiger partial charge on any atom is 0.211 e. The zero-order valence-corrected chi connectivity index (χ0v) is 10.8. The number of carbonyl (C=O) groups excluding carboxylic acids is 1. The van der Waals surface area contributed by atoms with E-state index in [4.69, 9.17) is 4.74 Å². The van der Waals surface area contributed by atoms with Crippen molar-refractivity contribution in [1.82, 2.24) is 9.78 Å². The van der Waals surface area contributed by atoms with Gasteiger partial charge in [-0.15, -0.1) is 0 Å². The first kappa shape index (κ1) is 12.4. The molecule has 18 heavy (non-hydrogen) atoms. The molecule has 2 aromatic rings. The van der Waals surface area contributed by atoms with Crippen LogP contribution in [0.15, 0.2) is 30.3 Å². The molecule has 2 rings (SSSR count). The fraction of sp³-hybridized carbons (Fsp3) is 0.286. The van der Waals surface area contributed by atoms with E-state index in [9.17, 15) is 4.79 Å². The Labute approximate surface area is 106 Å². The number of aryl methyl sites for hydroxylation is 2. The third-order valence-corrected chi connectivity index (χ3v) is 2.88. The Kier molecular flexibility index (Phi) is 3.46. The van der Waals surface area contributed by atoms with Crippen molar-refractivity contribution in [3.63, 3.8) is 0 Å². The van der Waals surface area contributed by atoms with Gasteiger partial charge in [-0.2, -0.15) is 5.10 Å². The summed E-state index contributed by atoms with van der Waals surface area (Å²) in [7, 11) is 3.39. The Hall–Kier alpha value is -2.10. The Morgan fingerprint density at radius 3 is 2.50 bits per heavy atom. The molecule has 1 heterocycles. The van der Waals surface area contributed by atoms with Gasteiger partial charge in [-0.25, -0.2) is 0 Å². The summed E-state index contributed by atoms with van der Waals surface area (Å²) < 4.78 is 6.70. The second kappa shape index (κ2) is 5.04. The van der Waals surface area contributed by atoms with Crippen LogP contribution in [0.25, 0.3) is 0 Å². The number of hydrogen-bond acceptors (Lipinski definition) is 3. The molecule has 0 atom stereocenters. The topological polar surface area (TPSA) is 44.1 Å². The minimum absolute atomic E-state index is 0.0210. The highest BCUT2D eigenvalue weighted by Crippen LogP contribution is 2.15. The molecule has 0 aliphatic heterocycles. The first-order valence-corrected chi connectivity index (χ1v) is 5.87. The van der Waals surface area contributed by atoms with E-state index in [1.807, 2.05) is 13.0 Å². The minimum Gasteiger partial charge on any atom is -0.497 e. The monoisotopic (exact) mass is 244 g/mol. The quantitative estimate of drug-likeness (QED) is 0.775. The second-order valence-electron chi connectivity index (χ2n) is 4.06. The van der Waals surface area contributed by atoms with Gasteiger partial charge in [0.25, 0.3) is 0 Å². The van der Waals surface area contributed by atoms with Crippen LogP contribution in [0.4, 0.5) is 0 Å². The molecular formula is C14H16N2O2. The highest BCUT2D eigenvalue weighted by molar-refractivity contribution is 6.08. The summed E-state index contributed by atoms with van der Waals surface area (Å²) >= 11 is 0. The molecule has 0 radical (unpaired) electrons. The van der Waals surface area contributed by atoms with Crippen LogP contribution in [0.2, 0.25) is 0 Å². The summed E-state index contributed by atoms with van der Waals surface area (Å²) in [5.41, 5.74) is 2.17. The van der Waals surface area contributed by atoms with Gasteiger partial charge in [-0.05, 0) is 36.8 Å². The van der Waals surface area contributed by atoms with E-state index in [1.165, 1.54) is 0 Å². The second-order valence-corrected chi connectivity index (χ2v) is 4.06. The molecular weight excluding hydrogens is 228 g/mol. The van der Waals surface area contributed by atoms with Crippen LogP contribution in [-0.2, 0) is 13.5 Å². The summed E-state index contributed by atoms with van der Waals surface area (Å²) in [4.78, 5) is 12.3. The smallest absolute Gasteiger partial charge is 0.211 e. The van der Waals surface area contributed by atoms with Gasteiger partial charge in [0.05, 0.1) is 12.8 Å². The summed E-state index contributed by atoms with van der Waals surface area (Å²) in [5.74, 6) is 0.721. The van der Waals surface area contributed by atoms with Crippen molar-refractivity contribution in [2.75, 3.05) is 7.11 Å². The average Bonchev–Trinajstić information content (AvgIpc) is 2.79. The summed E-state index contributed by atoms with van der Waals surface area (Å²) in [6.45, 7) is 2.02. The van der Waals surface area contributed by atoms with Crippen molar-refractivity contribution < 1.29 is 9.53 Å². The van der Waals surface area contributed by atoms with E-state index in [1.54, 1.807) is 43.1 Å². The molecule has 0 bridgehead atoms. The molecule has 0 amide bonds. The predicted molar refractivity (Wildman–Crippen MR) is 69.0 cm³/mol. The predicted octanol–water partition coefficient (Wildman–Crippen LogP) is 2.22. The van der Waals surface area contributed by atoms with Gasteiger partial charge in [0.2, 0.25) is 5.78 Å². The third kappa shape index (κ3) is 2.27. The SMILES string of the molecule is CCc1cc(C(=O)c2ccc(OC)cc2)n(C)n1. The maximum absolute atomic E-state index is 12.3. The van der Waals surface area contributed by atoms with Crippen LogP contribution in [0.5, 0.6) is 5.75 Å². The Bertz CT molecular complexity index is 556. The van der Waals surface area contributed by atoms with Crippen LogP contribution >= 0.6 is 0 Å². The van der Waals surface area contributed by atoms with Crippen LogP contribution in [-0.4, -0.2) is 22.7 Å². The zero-order chi connectivity index (χ0) is 13.1. The number of carbonyl (C=O) groups is 1. The van der Waals surface area contributed by atoms with E-state index in [0.29, 0.717) is 11.3 Å². The first-order valence-electron chi connectivity index (χ1n) is 5.87. The zero-order valence-electron chi connectivity index (χ0n) is 10.8. The van der Waals surface area contributed by atoms with Crippen molar-refractivity contribution in [2.24, 2.45) is 7.05 Å². The number of nitrogens with zero attached hydrogens (tertiary/aromatic N) is 2. The highest BCUT2D eigenvalue weighted by Gasteiger charge is 2.14. The molecule has 4 heteroatoms. The number of benzene rings is 1. The molecule has 1 aromatic heterocycles. The van der Waals surface area contributed by atoms with Crippen molar-refractivity contribution >= 4 is 5.78 Å². The lowest BCUT2D eigenvalue weighted by Gasteiger charge is -2.03. The number of aromatic nitrogens is 2. The van der Waals surface area contributed by atoms with E-state index >= 15 is 0 Å². The fourth-order valence-electron chi connectivity index (χ4n) is 1.80. The third-order valence-electron chi connectivity index (χ3n) is 2.88. The molecule has 0 aliphatic rings. The molecule has 1 aromatic carbocycles. The number of ether oxygens (including phenoxy) is 1. The van der Waals surface area contributed by atoms with Gasteiger partial charge >= 0.3 is 0 Å². The van der Waals surface area contributed by atoms with Gasteiger partial charge in [0.1, 0.15) is 11.4 Å². The van der Waals surface area contributed by atoms with Crippen LogP contribution in [0.3, 0.4) is 0 Å². The number of methoxy groups -OCH3 is 1. The van der Waals surface area contributed by atoms with Gasteiger partial charge < -0.3 is 4.74 Å². The summed E-state index contributed by atoms with van der Waals surface area (Å²) in [6, 6.07) is 8.93. The summed E-state index contributed by atoms with van der Waals surface area (Å²) in [6.07, 6.45) is 0.823. The van der Waals surface area contributed by atoms with Gasteiger partial charge in [-0.1, -0.05) is 6.92 Å². The van der Waals surface area contributed by atoms with Crippen molar-refractivity contribution in [3.8, 4) is 5.75 Å². The Morgan fingerprint density at radius 1 is 1.33 bits per heavy atom. The minimum atomic E-state index is -0.0210. The molecule has 4 nitrogen and oxygen atoms in total. The van der Waals surface area contributed by atoms with Gasteiger partial charge in [0.15, 0.2) is 0 Å². The molecule has 0 unspecified atom stereocenters. The Balaban J connectivity index is 2.31. The molecule has 94 valence electrons. The summed E-state index contributed by atoms with van der Waals surface area (Å²) in [5, 5.41) is 4.28. The Morgan fingerprint density at radius 2 is 2.00 bits per heavy atom. The van der Waals surface area contributed by atoms with Crippen molar-refractivity contribution in [2.45, 2.75) is 13.3 Å². The van der Waals surface area contributed by atoms with Crippen LogP contribution in [0.1, 0.15) is 28.7 Å². The largest absolute Gasteiger partial charge is 0.497 e. The molecule has 0 spiro atoms. The molecule has 0 saturated heterocycles. The van der Waals surface area contributed by atoms with Crippen LogP contribution in [0, 0.1) is 0 Å². The number of rotatable bonds is 4.